The van der Waals surface area contributed by atoms with Crippen molar-refractivity contribution in [1.29, 1.82) is 0 Å². The zero-order chi connectivity index (χ0) is 21.8. The quantitative estimate of drug-likeness (QED) is 0.140. The number of benzene rings is 1. The SMILES string of the molecule is CCSCCN(CCSCC)Cc1cc([N+](=O)[O-])cc(C=O)c1SC(=O)N(C)C. The highest BCUT2D eigenvalue weighted by Gasteiger charge is 2.21. The number of amides is 1. The van der Waals surface area contributed by atoms with Gasteiger partial charge in [-0.25, -0.2) is 0 Å². The number of carbonyl (C=O) groups is 2. The summed E-state index contributed by atoms with van der Waals surface area (Å²) in [6.07, 6.45) is 0.589. The minimum Gasteiger partial charge on any atom is -0.339 e. The highest BCUT2D eigenvalue weighted by atomic mass is 32.2. The maximum absolute atomic E-state index is 12.3. The van der Waals surface area contributed by atoms with Gasteiger partial charge in [-0.1, -0.05) is 13.8 Å². The molecule has 0 radical (unpaired) electrons. The summed E-state index contributed by atoms with van der Waals surface area (Å²) in [5.41, 5.74) is 0.694. The molecule has 0 aliphatic rings. The fraction of sp³-hybridized carbons (Fsp3) is 0.579. The molecule has 0 unspecified atom stereocenters. The van der Waals surface area contributed by atoms with E-state index in [0.29, 0.717) is 23.3 Å². The summed E-state index contributed by atoms with van der Waals surface area (Å²) in [6, 6.07) is 2.73. The van der Waals surface area contributed by atoms with Crippen LogP contribution in [0.4, 0.5) is 10.5 Å². The third kappa shape index (κ3) is 8.98. The van der Waals surface area contributed by atoms with Gasteiger partial charge in [-0.3, -0.25) is 24.6 Å². The smallest absolute Gasteiger partial charge is 0.285 e. The van der Waals surface area contributed by atoms with Gasteiger partial charge >= 0.3 is 0 Å². The number of nitro groups is 1. The summed E-state index contributed by atoms with van der Waals surface area (Å²) >= 11 is 4.63. The average Bonchev–Trinajstić information content (AvgIpc) is 2.68. The van der Waals surface area contributed by atoms with Crippen LogP contribution in [-0.4, -0.2) is 76.4 Å². The summed E-state index contributed by atoms with van der Waals surface area (Å²) in [7, 11) is 3.27. The Kier molecular flexibility index (Phi) is 12.4. The summed E-state index contributed by atoms with van der Waals surface area (Å²) in [6.45, 7) is 6.36. The van der Waals surface area contributed by atoms with Gasteiger partial charge in [-0.05, 0) is 28.8 Å². The minimum absolute atomic E-state index is 0.130. The molecule has 0 fully saturated rings. The van der Waals surface area contributed by atoms with Gasteiger partial charge in [0.25, 0.3) is 10.9 Å². The first-order valence-electron chi connectivity index (χ1n) is 9.37. The second-order valence-corrected chi connectivity index (χ2v) is 10.1. The van der Waals surface area contributed by atoms with E-state index in [2.05, 4.69) is 18.7 Å². The molecule has 0 aliphatic heterocycles. The molecule has 0 bridgehead atoms. The van der Waals surface area contributed by atoms with Crippen molar-refractivity contribution in [2.75, 3.05) is 50.2 Å². The zero-order valence-electron chi connectivity index (χ0n) is 17.4. The maximum Gasteiger partial charge on any atom is 0.285 e. The van der Waals surface area contributed by atoms with Crippen LogP contribution < -0.4 is 0 Å². The Morgan fingerprint density at radius 2 is 1.72 bits per heavy atom. The van der Waals surface area contributed by atoms with E-state index in [0.717, 1.165) is 47.9 Å². The molecular weight excluding hydrogens is 430 g/mol. The lowest BCUT2D eigenvalue weighted by Gasteiger charge is -2.24. The molecular formula is C19H29N3O4S3. The molecule has 1 aromatic rings. The number of rotatable bonds is 13. The fourth-order valence-electron chi connectivity index (χ4n) is 2.50. The van der Waals surface area contributed by atoms with Crippen LogP contribution in [0.25, 0.3) is 0 Å². The maximum atomic E-state index is 12.3. The molecule has 0 spiro atoms. The number of hydrogen-bond donors (Lipinski definition) is 0. The standard InChI is InChI=1S/C19H29N3O4S3/c1-5-27-9-7-21(8-10-28-6-2)13-15-11-17(22(25)26)12-16(14-23)18(15)29-19(24)20(3)4/h11-12,14H,5-10,13H2,1-4H3. The number of aldehydes is 1. The van der Waals surface area contributed by atoms with Gasteiger partial charge in [0.2, 0.25) is 0 Å². The highest BCUT2D eigenvalue weighted by Crippen LogP contribution is 2.32. The molecule has 162 valence electrons. The van der Waals surface area contributed by atoms with E-state index in [-0.39, 0.29) is 16.5 Å². The Morgan fingerprint density at radius 3 is 2.17 bits per heavy atom. The van der Waals surface area contributed by atoms with Crippen LogP contribution >= 0.6 is 35.3 Å². The van der Waals surface area contributed by atoms with Crippen molar-refractivity contribution in [3.63, 3.8) is 0 Å². The lowest BCUT2D eigenvalue weighted by molar-refractivity contribution is -0.385. The van der Waals surface area contributed by atoms with Crippen molar-refractivity contribution in [3.8, 4) is 0 Å². The number of nitro benzene ring substituents is 1. The number of carbonyl (C=O) groups excluding carboxylic acids is 2. The average molecular weight is 460 g/mol. The van der Waals surface area contributed by atoms with E-state index in [4.69, 9.17) is 0 Å². The Labute approximate surface area is 185 Å². The van der Waals surface area contributed by atoms with Gasteiger partial charge in [0, 0.05) is 67.8 Å². The van der Waals surface area contributed by atoms with Crippen molar-refractivity contribution < 1.29 is 14.5 Å². The van der Waals surface area contributed by atoms with Gasteiger partial charge in [-0.2, -0.15) is 23.5 Å². The van der Waals surface area contributed by atoms with Crippen LogP contribution in [0.1, 0.15) is 29.8 Å². The molecule has 0 saturated carbocycles. The van der Waals surface area contributed by atoms with Gasteiger partial charge in [-0.15, -0.1) is 0 Å². The molecule has 1 rings (SSSR count). The van der Waals surface area contributed by atoms with Gasteiger partial charge < -0.3 is 4.90 Å². The van der Waals surface area contributed by atoms with Crippen LogP contribution in [0, 0.1) is 10.1 Å². The predicted molar refractivity (Wildman–Crippen MR) is 125 cm³/mol. The molecule has 0 aliphatic carbocycles. The van der Waals surface area contributed by atoms with Crippen LogP contribution in [0.3, 0.4) is 0 Å². The molecule has 0 saturated heterocycles. The molecule has 0 aromatic heterocycles. The highest BCUT2D eigenvalue weighted by molar-refractivity contribution is 8.13. The van der Waals surface area contributed by atoms with Crippen molar-refractivity contribution >= 4 is 52.5 Å². The first-order chi connectivity index (χ1) is 13.8. The third-order valence-electron chi connectivity index (χ3n) is 3.98. The largest absolute Gasteiger partial charge is 0.339 e. The second-order valence-electron chi connectivity index (χ2n) is 6.33. The zero-order valence-corrected chi connectivity index (χ0v) is 19.8. The lowest BCUT2D eigenvalue weighted by Crippen LogP contribution is -2.29. The molecule has 10 heteroatoms. The van der Waals surface area contributed by atoms with Gasteiger partial charge in [0.1, 0.15) is 0 Å². The Bertz CT molecular complexity index is 692. The fourth-order valence-corrected chi connectivity index (χ4v) is 4.68. The number of hydrogen-bond acceptors (Lipinski definition) is 8. The molecule has 0 N–H and O–H groups in total. The van der Waals surface area contributed by atoms with Crippen LogP contribution in [0.15, 0.2) is 17.0 Å². The van der Waals surface area contributed by atoms with Crippen molar-refractivity contribution in [2.24, 2.45) is 0 Å². The van der Waals surface area contributed by atoms with Crippen molar-refractivity contribution in [3.05, 3.63) is 33.4 Å². The molecule has 1 amide bonds. The summed E-state index contributed by atoms with van der Waals surface area (Å²) in [4.78, 5) is 38.9. The van der Waals surface area contributed by atoms with E-state index < -0.39 is 4.92 Å². The normalized spacial score (nSPS) is 10.9. The van der Waals surface area contributed by atoms with E-state index in [9.17, 15) is 19.7 Å². The van der Waals surface area contributed by atoms with E-state index >= 15 is 0 Å². The molecule has 0 atom stereocenters. The molecule has 0 heterocycles. The van der Waals surface area contributed by atoms with E-state index in [1.54, 1.807) is 14.1 Å². The Hall–Kier alpha value is -1.23. The van der Waals surface area contributed by atoms with Gasteiger partial charge in [0.05, 0.1) is 4.92 Å². The summed E-state index contributed by atoms with van der Waals surface area (Å²) < 4.78 is 0. The Morgan fingerprint density at radius 1 is 1.14 bits per heavy atom. The van der Waals surface area contributed by atoms with Crippen LogP contribution in [0.5, 0.6) is 0 Å². The molecule has 29 heavy (non-hydrogen) atoms. The van der Waals surface area contributed by atoms with Crippen LogP contribution in [0.2, 0.25) is 0 Å². The van der Waals surface area contributed by atoms with E-state index in [1.807, 2.05) is 23.5 Å². The van der Waals surface area contributed by atoms with Crippen LogP contribution in [-0.2, 0) is 6.54 Å². The topological polar surface area (TPSA) is 83.8 Å². The monoisotopic (exact) mass is 459 g/mol. The Balaban J connectivity index is 3.25. The molecule has 1 aromatic carbocycles. The first kappa shape index (κ1) is 25.8. The second kappa shape index (κ2) is 13.9. The lowest BCUT2D eigenvalue weighted by atomic mass is 10.1. The number of nitrogens with zero attached hydrogens (tertiary/aromatic N) is 3. The minimum atomic E-state index is -0.497. The summed E-state index contributed by atoms with van der Waals surface area (Å²) in [5.74, 6) is 3.98. The van der Waals surface area contributed by atoms with Crippen molar-refractivity contribution in [1.82, 2.24) is 9.80 Å². The van der Waals surface area contributed by atoms with Gasteiger partial charge in [0.15, 0.2) is 6.29 Å². The van der Waals surface area contributed by atoms with Crippen molar-refractivity contribution in [2.45, 2.75) is 25.3 Å². The third-order valence-corrected chi connectivity index (χ3v) is 6.98. The number of thioether (sulfide) groups is 3. The molecule has 7 nitrogen and oxygen atoms in total. The van der Waals surface area contributed by atoms with E-state index in [1.165, 1.54) is 17.0 Å². The summed E-state index contributed by atoms with van der Waals surface area (Å²) in [5, 5.41) is 11.1. The predicted octanol–water partition coefficient (Wildman–Crippen LogP) is 4.49. The first-order valence-corrected chi connectivity index (χ1v) is 12.5. The number of non-ortho nitro benzene ring substituents is 1.